The van der Waals surface area contributed by atoms with E-state index >= 15 is 0 Å². The summed E-state index contributed by atoms with van der Waals surface area (Å²) in [5.74, 6) is 0.626. The van der Waals surface area contributed by atoms with Crippen LogP contribution in [0.25, 0.3) is 0 Å². The van der Waals surface area contributed by atoms with Crippen molar-refractivity contribution >= 4 is 5.82 Å². The summed E-state index contributed by atoms with van der Waals surface area (Å²) in [6.45, 7) is 2.51. The van der Waals surface area contributed by atoms with Gasteiger partial charge in [0.05, 0.1) is 6.61 Å². The van der Waals surface area contributed by atoms with Crippen LogP contribution >= 0.6 is 0 Å². The Balaban J connectivity index is 2.21. The maximum absolute atomic E-state index is 5.70. The second-order valence-electron chi connectivity index (χ2n) is 3.04. The fraction of sp³-hybridized carbons (Fsp3) is 0.500. The molecule has 14 heavy (non-hydrogen) atoms. The molecule has 78 valence electrons. The molecule has 1 aromatic heterocycles. The van der Waals surface area contributed by atoms with E-state index in [2.05, 4.69) is 10.3 Å². The van der Waals surface area contributed by atoms with Crippen molar-refractivity contribution in [1.82, 2.24) is 10.3 Å². The van der Waals surface area contributed by atoms with E-state index < -0.39 is 0 Å². The Morgan fingerprint density at radius 3 is 3.07 bits per heavy atom. The lowest BCUT2D eigenvalue weighted by Crippen LogP contribution is -2.22. The summed E-state index contributed by atoms with van der Waals surface area (Å²) in [6, 6.07) is 3.90. The first-order valence-corrected chi connectivity index (χ1v) is 4.73. The first kappa shape index (κ1) is 10.9. The molecule has 0 aliphatic carbocycles. The van der Waals surface area contributed by atoms with Gasteiger partial charge in [0.25, 0.3) is 0 Å². The standard InChI is InChI=1S/C10H17N3O/c1-14-8-7-12-6-4-9-3-2-5-13-10(9)11/h2-3,5,12H,4,6-8H2,1H3,(H2,11,13). The van der Waals surface area contributed by atoms with Gasteiger partial charge in [-0.3, -0.25) is 0 Å². The molecule has 4 nitrogen and oxygen atoms in total. The second-order valence-corrected chi connectivity index (χ2v) is 3.04. The van der Waals surface area contributed by atoms with Crippen molar-refractivity contribution in [2.45, 2.75) is 6.42 Å². The molecule has 0 spiro atoms. The highest BCUT2D eigenvalue weighted by molar-refractivity contribution is 5.38. The lowest BCUT2D eigenvalue weighted by Gasteiger charge is -2.05. The lowest BCUT2D eigenvalue weighted by molar-refractivity contribution is 0.199. The number of nitrogens with two attached hydrogens (primary N) is 1. The van der Waals surface area contributed by atoms with Crippen molar-refractivity contribution in [2.24, 2.45) is 0 Å². The van der Waals surface area contributed by atoms with Crippen molar-refractivity contribution in [3.63, 3.8) is 0 Å². The molecule has 0 saturated carbocycles. The molecule has 0 saturated heterocycles. The SMILES string of the molecule is COCCNCCc1cccnc1N. The largest absolute Gasteiger partial charge is 0.383 e. The third kappa shape index (κ3) is 3.72. The van der Waals surface area contributed by atoms with Gasteiger partial charge in [0, 0.05) is 19.9 Å². The molecule has 1 heterocycles. The summed E-state index contributed by atoms with van der Waals surface area (Å²) >= 11 is 0. The molecule has 0 radical (unpaired) electrons. The summed E-state index contributed by atoms with van der Waals surface area (Å²) in [5.41, 5.74) is 6.79. The Morgan fingerprint density at radius 1 is 1.50 bits per heavy atom. The number of ether oxygens (including phenoxy) is 1. The number of aromatic nitrogens is 1. The third-order valence-corrected chi connectivity index (χ3v) is 1.98. The van der Waals surface area contributed by atoms with Gasteiger partial charge in [0.1, 0.15) is 5.82 Å². The van der Waals surface area contributed by atoms with Crippen molar-refractivity contribution in [3.05, 3.63) is 23.9 Å². The number of methoxy groups -OCH3 is 1. The normalized spacial score (nSPS) is 10.4. The summed E-state index contributed by atoms with van der Waals surface area (Å²) in [6.07, 6.45) is 2.61. The first-order valence-electron chi connectivity index (χ1n) is 4.73. The van der Waals surface area contributed by atoms with Gasteiger partial charge in [0.2, 0.25) is 0 Å². The van der Waals surface area contributed by atoms with Gasteiger partial charge in [-0.2, -0.15) is 0 Å². The van der Waals surface area contributed by atoms with Gasteiger partial charge in [-0.1, -0.05) is 6.07 Å². The molecule has 3 N–H and O–H groups in total. The number of hydrogen-bond donors (Lipinski definition) is 2. The zero-order valence-corrected chi connectivity index (χ0v) is 8.49. The molecular weight excluding hydrogens is 178 g/mol. The zero-order valence-electron chi connectivity index (χ0n) is 8.49. The van der Waals surface area contributed by atoms with E-state index in [0.717, 1.165) is 31.7 Å². The highest BCUT2D eigenvalue weighted by atomic mass is 16.5. The number of nitrogens with zero attached hydrogens (tertiary/aromatic N) is 1. The predicted molar refractivity (Wildman–Crippen MR) is 57.1 cm³/mol. The Hall–Kier alpha value is -1.13. The molecule has 0 atom stereocenters. The van der Waals surface area contributed by atoms with Crippen molar-refractivity contribution in [2.75, 3.05) is 32.5 Å². The van der Waals surface area contributed by atoms with Crippen molar-refractivity contribution in [1.29, 1.82) is 0 Å². The van der Waals surface area contributed by atoms with Gasteiger partial charge in [0.15, 0.2) is 0 Å². The number of nitrogens with one attached hydrogen (secondary N) is 1. The monoisotopic (exact) mass is 195 g/mol. The minimum Gasteiger partial charge on any atom is -0.383 e. The maximum atomic E-state index is 5.70. The summed E-state index contributed by atoms with van der Waals surface area (Å²) in [4.78, 5) is 4.02. The summed E-state index contributed by atoms with van der Waals surface area (Å²) in [5, 5.41) is 3.25. The molecule has 0 unspecified atom stereocenters. The van der Waals surface area contributed by atoms with Crippen LogP contribution in [0.2, 0.25) is 0 Å². The predicted octanol–water partition coefficient (Wildman–Crippen LogP) is 0.442. The molecule has 4 heteroatoms. The van der Waals surface area contributed by atoms with E-state index in [1.165, 1.54) is 0 Å². The molecule has 0 amide bonds. The van der Waals surface area contributed by atoms with Gasteiger partial charge in [-0.25, -0.2) is 4.98 Å². The van der Waals surface area contributed by atoms with E-state index in [1.54, 1.807) is 13.3 Å². The van der Waals surface area contributed by atoms with Crippen molar-refractivity contribution in [3.8, 4) is 0 Å². The minimum absolute atomic E-state index is 0.626. The number of nitrogen functional groups attached to an aromatic ring is 1. The van der Waals surface area contributed by atoms with Crippen LogP contribution < -0.4 is 11.1 Å². The summed E-state index contributed by atoms with van der Waals surface area (Å²) < 4.78 is 4.92. The number of pyridine rings is 1. The smallest absolute Gasteiger partial charge is 0.126 e. The molecule has 0 fully saturated rings. The van der Waals surface area contributed by atoms with Crippen LogP contribution in [0.5, 0.6) is 0 Å². The van der Waals surface area contributed by atoms with Crippen LogP contribution in [0.3, 0.4) is 0 Å². The number of hydrogen-bond acceptors (Lipinski definition) is 4. The van der Waals surface area contributed by atoms with Crippen molar-refractivity contribution < 1.29 is 4.74 Å². The lowest BCUT2D eigenvalue weighted by atomic mass is 10.2. The van der Waals surface area contributed by atoms with E-state index in [1.807, 2.05) is 12.1 Å². The third-order valence-electron chi connectivity index (χ3n) is 1.98. The molecule has 1 rings (SSSR count). The van der Waals surface area contributed by atoms with Crippen LogP contribution in [-0.2, 0) is 11.2 Å². The number of rotatable bonds is 6. The van der Waals surface area contributed by atoms with E-state index in [4.69, 9.17) is 10.5 Å². The molecule has 0 aliphatic heterocycles. The van der Waals surface area contributed by atoms with E-state index in [-0.39, 0.29) is 0 Å². The fourth-order valence-electron chi connectivity index (χ4n) is 1.18. The van der Waals surface area contributed by atoms with Crippen LogP contribution in [0, 0.1) is 0 Å². The van der Waals surface area contributed by atoms with Crippen LogP contribution in [0.15, 0.2) is 18.3 Å². The average Bonchev–Trinajstić information content (AvgIpc) is 2.20. The van der Waals surface area contributed by atoms with Crippen LogP contribution in [-0.4, -0.2) is 31.8 Å². The second kappa shape index (κ2) is 6.34. The Kier molecular flexibility index (Phi) is 4.96. The molecular formula is C10H17N3O. The zero-order chi connectivity index (χ0) is 10.2. The average molecular weight is 195 g/mol. The van der Waals surface area contributed by atoms with Gasteiger partial charge in [-0.05, 0) is 24.6 Å². The topological polar surface area (TPSA) is 60.2 Å². The Bertz CT molecular complexity index is 265. The highest BCUT2D eigenvalue weighted by Gasteiger charge is 1.97. The maximum Gasteiger partial charge on any atom is 0.126 e. The van der Waals surface area contributed by atoms with Crippen LogP contribution in [0.4, 0.5) is 5.82 Å². The Labute approximate surface area is 84.5 Å². The molecule has 0 aromatic carbocycles. The fourth-order valence-corrected chi connectivity index (χ4v) is 1.18. The van der Waals surface area contributed by atoms with Gasteiger partial charge < -0.3 is 15.8 Å². The van der Waals surface area contributed by atoms with Crippen LogP contribution in [0.1, 0.15) is 5.56 Å². The van der Waals surface area contributed by atoms with E-state index in [9.17, 15) is 0 Å². The molecule has 0 aliphatic rings. The first-order chi connectivity index (χ1) is 6.84. The quantitative estimate of drug-likeness (QED) is 0.647. The molecule has 0 bridgehead atoms. The highest BCUT2D eigenvalue weighted by Crippen LogP contribution is 2.06. The Morgan fingerprint density at radius 2 is 2.36 bits per heavy atom. The number of anilines is 1. The molecule has 1 aromatic rings. The summed E-state index contributed by atoms with van der Waals surface area (Å²) in [7, 11) is 1.70. The van der Waals surface area contributed by atoms with Gasteiger partial charge in [-0.15, -0.1) is 0 Å². The minimum atomic E-state index is 0.626. The van der Waals surface area contributed by atoms with Gasteiger partial charge >= 0.3 is 0 Å². The van der Waals surface area contributed by atoms with E-state index in [0.29, 0.717) is 5.82 Å².